The molecule has 5 aliphatic carbocycles. The Morgan fingerprint density at radius 1 is 0.717 bits per heavy atom. The summed E-state index contributed by atoms with van der Waals surface area (Å²) in [5.74, 6) is 3.37. The van der Waals surface area contributed by atoms with Gasteiger partial charge in [0.25, 0.3) is 0 Å². The number of hydrogen-bond donors (Lipinski definition) is 0. The third-order valence-corrected chi connectivity index (χ3v) is 23.4. The fourth-order valence-electron chi connectivity index (χ4n) is 16.5. The van der Waals surface area contributed by atoms with Crippen LogP contribution in [0, 0.1) is 68.5 Å². The summed E-state index contributed by atoms with van der Waals surface area (Å²) < 4.78 is 12.2. The van der Waals surface area contributed by atoms with E-state index in [0.717, 1.165) is 51.1 Å². The van der Waals surface area contributed by atoms with Crippen LogP contribution in [0.1, 0.15) is 126 Å². The second kappa shape index (κ2) is 16.9. The maximum absolute atomic E-state index is 13.9. The van der Waals surface area contributed by atoms with Crippen LogP contribution in [0.4, 0.5) is 0 Å². The van der Waals surface area contributed by atoms with E-state index in [1.807, 2.05) is 0 Å². The zero-order chi connectivity index (χ0) is 42.0. The highest BCUT2D eigenvalue weighted by molar-refractivity contribution is 7.95. The summed E-state index contributed by atoms with van der Waals surface area (Å²) in [6, 6.07) is 33.9. The normalized spacial score (nSPS) is 36.7. The van der Waals surface area contributed by atoms with Gasteiger partial charge in [-0.2, -0.15) is 0 Å². The second-order valence-corrected chi connectivity index (χ2v) is 25.4. The summed E-state index contributed by atoms with van der Waals surface area (Å²) in [7, 11) is -0.356. The Labute approximate surface area is 374 Å². The van der Waals surface area contributed by atoms with Crippen molar-refractivity contribution < 1.29 is 36.0 Å². The molecular formula is C54H74BrO4P. The summed E-state index contributed by atoms with van der Waals surface area (Å²) in [4.78, 5) is 26.9. The number of fused-ring (bicyclic) bond motifs is 7. The zero-order valence-electron chi connectivity index (χ0n) is 38.2. The van der Waals surface area contributed by atoms with E-state index in [1.54, 1.807) is 14.0 Å². The Morgan fingerprint density at radius 3 is 1.80 bits per heavy atom. The average molecular weight is 898 g/mol. The third kappa shape index (κ3) is 6.91. The highest BCUT2D eigenvalue weighted by Crippen LogP contribution is 2.78. The van der Waals surface area contributed by atoms with Gasteiger partial charge in [-0.05, 0) is 165 Å². The van der Waals surface area contributed by atoms with Gasteiger partial charge in [-0.3, -0.25) is 9.59 Å². The molecule has 5 saturated carbocycles. The molecule has 6 heteroatoms. The van der Waals surface area contributed by atoms with Crippen LogP contribution in [0.3, 0.4) is 0 Å². The fourth-order valence-corrected chi connectivity index (χ4v) is 20.8. The van der Waals surface area contributed by atoms with Crippen molar-refractivity contribution in [1.29, 1.82) is 0 Å². The molecule has 0 aromatic heterocycles. The predicted octanol–water partition coefficient (Wildman–Crippen LogP) is 8.83. The van der Waals surface area contributed by atoms with Crippen molar-refractivity contribution >= 4 is 35.1 Å². The Hall–Kier alpha value is -2.49. The lowest BCUT2D eigenvalue weighted by Crippen LogP contribution is -3.00. The highest BCUT2D eigenvalue weighted by Gasteiger charge is 2.73. The molecule has 0 N–H and O–H groups in total. The molecule has 0 bridgehead atoms. The van der Waals surface area contributed by atoms with Gasteiger partial charge >= 0.3 is 11.9 Å². The Morgan fingerprint density at radius 2 is 1.28 bits per heavy atom. The van der Waals surface area contributed by atoms with Gasteiger partial charge in [0.2, 0.25) is 0 Å². The van der Waals surface area contributed by atoms with Crippen molar-refractivity contribution in [1.82, 2.24) is 0 Å². The summed E-state index contributed by atoms with van der Waals surface area (Å²) in [6.45, 7) is 19.4. The monoisotopic (exact) mass is 896 g/mol. The SMILES string of the molecule is COC(=O)[C@]12CC[C@@H](C(C)C)C1C1CCC3[C@@]4(C)C[C@H](CCC[P+](c5ccccc5)(c5ccccc5)c5ccccc5)[C@H](OC(C)=O)C(C)(C)C4CC[C@@]3(C)[C@]1(C)CC2.[Br-]. The van der Waals surface area contributed by atoms with Crippen molar-refractivity contribution in [2.24, 2.45) is 68.5 Å². The number of methoxy groups -OCH3 is 1. The zero-order valence-corrected chi connectivity index (χ0v) is 40.7. The van der Waals surface area contributed by atoms with E-state index < -0.39 is 7.26 Å². The summed E-state index contributed by atoms with van der Waals surface area (Å²) in [6.07, 6.45) is 13.3. The molecule has 4 unspecified atom stereocenters. The second-order valence-electron chi connectivity index (χ2n) is 21.8. The quantitative estimate of drug-likeness (QED) is 0.151. The number of benzene rings is 3. The van der Waals surface area contributed by atoms with Gasteiger partial charge in [-0.1, -0.05) is 103 Å². The van der Waals surface area contributed by atoms with Crippen LogP contribution in [-0.4, -0.2) is 31.3 Å². The molecule has 11 atom stereocenters. The van der Waals surface area contributed by atoms with Crippen molar-refractivity contribution in [2.75, 3.05) is 13.3 Å². The minimum atomic E-state index is -1.98. The maximum atomic E-state index is 13.9. The number of halogens is 1. The number of esters is 2. The summed E-state index contributed by atoms with van der Waals surface area (Å²) in [5.41, 5.74) is 0.0106. The van der Waals surface area contributed by atoms with Crippen LogP contribution < -0.4 is 32.9 Å². The fraction of sp³-hybridized carbons (Fsp3) is 0.630. The van der Waals surface area contributed by atoms with E-state index in [1.165, 1.54) is 41.6 Å². The van der Waals surface area contributed by atoms with E-state index in [-0.39, 0.29) is 68.0 Å². The van der Waals surface area contributed by atoms with Gasteiger partial charge in [0.15, 0.2) is 0 Å². The number of hydrogen-bond acceptors (Lipinski definition) is 4. The third-order valence-electron chi connectivity index (χ3n) is 18.9. The molecule has 3 aromatic rings. The number of carbonyl (C=O) groups is 2. The lowest BCUT2D eigenvalue weighted by molar-refractivity contribution is -0.261. The molecule has 0 radical (unpaired) electrons. The van der Waals surface area contributed by atoms with Crippen LogP contribution in [0.25, 0.3) is 0 Å². The van der Waals surface area contributed by atoms with Crippen molar-refractivity contribution in [2.45, 2.75) is 132 Å². The predicted molar refractivity (Wildman–Crippen MR) is 245 cm³/mol. The molecular weight excluding hydrogens is 823 g/mol. The van der Waals surface area contributed by atoms with Crippen molar-refractivity contribution in [3.8, 4) is 0 Å². The summed E-state index contributed by atoms with van der Waals surface area (Å²) >= 11 is 0. The lowest BCUT2D eigenvalue weighted by atomic mass is 9.31. The highest BCUT2D eigenvalue weighted by atomic mass is 79.9. The van der Waals surface area contributed by atoms with E-state index in [0.29, 0.717) is 35.5 Å². The van der Waals surface area contributed by atoms with Gasteiger partial charge in [0.05, 0.1) is 18.7 Å². The first kappa shape index (κ1) is 45.5. The minimum Gasteiger partial charge on any atom is -1.00 e. The molecule has 0 spiro atoms. The van der Waals surface area contributed by atoms with Crippen LogP contribution >= 0.6 is 7.26 Å². The van der Waals surface area contributed by atoms with Crippen LogP contribution in [-0.2, 0) is 19.1 Å². The number of ether oxygens (including phenoxy) is 2. The van der Waals surface area contributed by atoms with Gasteiger partial charge in [0, 0.05) is 12.3 Å². The van der Waals surface area contributed by atoms with Gasteiger partial charge in [-0.25, -0.2) is 0 Å². The Balaban J connectivity index is 0.00000544. The smallest absolute Gasteiger partial charge is 0.312 e. The van der Waals surface area contributed by atoms with E-state index >= 15 is 0 Å². The first-order valence-corrected chi connectivity index (χ1v) is 25.4. The largest absolute Gasteiger partial charge is 1.00 e. The van der Waals surface area contributed by atoms with E-state index in [9.17, 15) is 9.59 Å². The lowest BCUT2D eigenvalue weighted by Gasteiger charge is -2.73. The molecule has 0 saturated heterocycles. The van der Waals surface area contributed by atoms with Crippen LogP contribution in [0.15, 0.2) is 91.0 Å². The molecule has 0 heterocycles. The topological polar surface area (TPSA) is 52.6 Å². The molecule has 3 aromatic carbocycles. The molecule has 60 heavy (non-hydrogen) atoms. The van der Waals surface area contributed by atoms with Gasteiger partial charge in [0.1, 0.15) is 29.3 Å². The van der Waals surface area contributed by atoms with E-state index in [2.05, 4.69) is 139 Å². The summed E-state index contributed by atoms with van der Waals surface area (Å²) in [5, 5.41) is 4.30. The standard InChI is InChI=1S/C54H74O4P.BrH/c1-37(2)43-29-32-54(49(56)57-9)34-33-52(7)44(47(43)54)27-28-46-51(6)36-39(48(58-38(3)55)50(4,5)45(51)30-31-53(46,52)8)20-19-35-59(40-21-13-10-14-22-40,41-23-15-11-16-24-41)42-25-17-12-18-26-42;/h10-18,21-26,37,39,43-48H,19-20,27-36H2,1-9H3;1H/q+1;/p-1/t39-,43-,44?,45?,46?,47?,48-,51-,52+,53+,54-;/m0./s1. The molecule has 4 nitrogen and oxygen atoms in total. The van der Waals surface area contributed by atoms with Gasteiger partial charge in [-0.15, -0.1) is 0 Å². The van der Waals surface area contributed by atoms with Crippen molar-refractivity contribution in [3.05, 3.63) is 91.0 Å². The maximum Gasteiger partial charge on any atom is 0.312 e. The van der Waals surface area contributed by atoms with Gasteiger partial charge < -0.3 is 26.5 Å². The number of carbonyl (C=O) groups excluding carboxylic acids is 2. The molecule has 5 fully saturated rings. The number of rotatable bonds is 10. The molecule has 5 aliphatic rings. The van der Waals surface area contributed by atoms with E-state index in [4.69, 9.17) is 9.47 Å². The Bertz CT molecular complexity index is 1870. The van der Waals surface area contributed by atoms with Crippen LogP contribution in [0.5, 0.6) is 0 Å². The first-order valence-electron chi connectivity index (χ1n) is 23.4. The minimum absolute atomic E-state index is 0. The molecule has 0 aliphatic heterocycles. The molecule has 8 rings (SSSR count). The average Bonchev–Trinajstić information content (AvgIpc) is 3.63. The Kier molecular flexibility index (Phi) is 12.8. The first-order chi connectivity index (χ1) is 28.1. The van der Waals surface area contributed by atoms with Crippen molar-refractivity contribution in [3.63, 3.8) is 0 Å². The molecule has 326 valence electrons. The molecule has 0 amide bonds. The van der Waals surface area contributed by atoms with Crippen LogP contribution in [0.2, 0.25) is 0 Å².